The summed E-state index contributed by atoms with van der Waals surface area (Å²) in [5.74, 6) is -0.720. The van der Waals surface area contributed by atoms with Gasteiger partial charge >= 0.3 is 6.18 Å². The molecule has 0 aliphatic rings. The van der Waals surface area contributed by atoms with Gasteiger partial charge in [-0.05, 0) is 18.2 Å². The largest absolute Gasteiger partial charge is 0.416 e. The predicted octanol–water partition coefficient (Wildman–Crippen LogP) is 4.22. The van der Waals surface area contributed by atoms with E-state index in [9.17, 15) is 22.8 Å². The average molecular weight is 339 g/mol. The standard InChI is InChI=1S/C16H12F3NO2S/c17-16(18,19)12-7-4-8-13(9-12)20-14(21)10-23-15(22)11-5-2-1-3-6-11/h1-9H,10H2,(H,20,21). The van der Waals surface area contributed by atoms with Crippen molar-refractivity contribution in [1.29, 1.82) is 0 Å². The lowest BCUT2D eigenvalue weighted by Crippen LogP contribution is -2.16. The second kappa shape index (κ2) is 7.32. The fourth-order valence-electron chi connectivity index (χ4n) is 1.76. The van der Waals surface area contributed by atoms with Gasteiger partial charge in [-0.1, -0.05) is 48.2 Å². The first-order valence-electron chi connectivity index (χ1n) is 6.55. The molecule has 2 aromatic carbocycles. The molecule has 2 aromatic rings. The van der Waals surface area contributed by atoms with Crippen LogP contribution in [-0.4, -0.2) is 16.8 Å². The van der Waals surface area contributed by atoms with Crippen molar-refractivity contribution in [2.24, 2.45) is 0 Å². The van der Waals surface area contributed by atoms with E-state index >= 15 is 0 Å². The molecule has 0 heterocycles. The van der Waals surface area contributed by atoms with Gasteiger partial charge in [0.25, 0.3) is 0 Å². The lowest BCUT2D eigenvalue weighted by atomic mass is 10.2. The number of halogens is 3. The number of nitrogens with one attached hydrogen (secondary N) is 1. The van der Waals surface area contributed by atoms with Crippen LogP contribution in [0.25, 0.3) is 0 Å². The minimum Gasteiger partial charge on any atom is -0.325 e. The molecule has 1 amide bonds. The Morgan fingerprint density at radius 1 is 1.00 bits per heavy atom. The molecular weight excluding hydrogens is 327 g/mol. The topological polar surface area (TPSA) is 46.2 Å². The third kappa shape index (κ3) is 5.14. The zero-order valence-corrected chi connectivity index (χ0v) is 12.6. The molecule has 1 N–H and O–H groups in total. The molecule has 0 radical (unpaired) electrons. The second-order valence-corrected chi connectivity index (χ2v) is 5.52. The Hall–Kier alpha value is -2.28. The van der Waals surface area contributed by atoms with Crippen molar-refractivity contribution in [3.63, 3.8) is 0 Å². The maximum absolute atomic E-state index is 12.6. The number of hydrogen-bond acceptors (Lipinski definition) is 3. The highest BCUT2D eigenvalue weighted by atomic mass is 32.2. The van der Waals surface area contributed by atoms with Crippen LogP contribution >= 0.6 is 11.8 Å². The van der Waals surface area contributed by atoms with Gasteiger partial charge in [0.05, 0.1) is 11.3 Å². The van der Waals surface area contributed by atoms with Crippen LogP contribution in [0.3, 0.4) is 0 Å². The number of rotatable bonds is 4. The molecule has 0 bridgehead atoms. The van der Waals surface area contributed by atoms with Crippen LogP contribution in [0.1, 0.15) is 15.9 Å². The molecule has 7 heteroatoms. The van der Waals surface area contributed by atoms with Crippen molar-refractivity contribution in [2.75, 3.05) is 11.1 Å². The molecule has 0 fully saturated rings. The highest BCUT2D eigenvalue weighted by Gasteiger charge is 2.30. The summed E-state index contributed by atoms with van der Waals surface area (Å²) in [7, 11) is 0. The molecule has 2 rings (SSSR count). The highest BCUT2D eigenvalue weighted by molar-refractivity contribution is 8.14. The molecule has 0 saturated heterocycles. The number of hydrogen-bond donors (Lipinski definition) is 1. The molecule has 0 aliphatic heterocycles. The number of carbonyl (C=O) groups is 2. The second-order valence-electron chi connectivity index (χ2n) is 4.57. The lowest BCUT2D eigenvalue weighted by Gasteiger charge is -2.09. The Bertz CT molecular complexity index is 702. The maximum atomic E-state index is 12.6. The number of benzene rings is 2. The maximum Gasteiger partial charge on any atom is 0.416 e. The molecule has 3 nitrogen and oxygen atoms in total. The molecule has 120 valence electrons. The van der Waals surface area contributed by atoms with E-state index in [2.05, 4.69) is 5.32 Å². The number of amides is 1. The van der Waals surface area contributed by atoms with Gasteiger partial charge < -0.3 is 5.32 Å². The zero-order valence-electron chi connectivity index (χ0n) is 11.8. The molecule has 23 heavy (non-hydrogen) atoms. The Morgan fingerprint density at radius 3 is 2.35 bits per heavy atom. The van der Waals surface area contributed by atoms with Crippen LogP contribution in [0.5, 0.6) is 0 Å². The van der Waals surface area contributed by atoms with Crippen molar-refractivity contribution in [1.82, 2.24) is 0 Å². The van der Waals surface area contributed by atoms with Gasteiger partial charge in [-0.3, -0.25) is 9.59 Å². The zero-order chi connectivity index (χ0) is 16.9. The van der Waals surface area contributed by atoms with Crippen LogP contribution in [0.4, 0.5) is 18.9 Å². The summed E-state index contributed by atoms with van der Waals surface area (Å²) in [5.41, 5.74) is -0.342. The van der Waals surface area contributed by atoms with Crippen LogP contribution in [0.15, 0.2) is 54.6 Å². The van der Waals surface area contributed by atoms with Crippen LogP contribution < -0.4 is 5.32 Å². The molecule has 0 atom stereocenters. The summed E-state index contributed by atoms with van der Waals surface area (Å²) in [5, 5.41) is 2.08. The van der Waals surface area contributed by atoms with E-state index in [1.54, 1.807) is 30.3 Å². The van der Waals surface area contributed by atoms with Crippen LogP contribution in [0, 0.1) is 0 Å². The van der Waals surface area contributed by atoms with Crippen molar-refractivity contribution in [2.45, 2.75) is 6.18 Å². The fourth-order valence-corrected chi connectivity index (χ4v) is 2.40. The number of thioether (sulfide) groups is 1. The number of anilines is 1. The summed E-state index contributed by atoms with van der Waals surface area (Å²) in [6.45, 7) is 0. The van der Waals surface area contributed by atoms with Crippen LogP contribution in [-0.2, 0) is 11.0 Å². The third-order valence-electron chi connectivity index (χ3n) is 2.82. The quantitative estimate of drug-likeness (QED) is 0.907. The monoisotopic (exact) mass is 339 g/mol. The van der Waals surface area contributed by atoms with Crippen molar-refractivity contribution in [3.8, 4) is 0 Å². The Balaban J connectivity index is 1.92. The predicted molar refractivity (Wildman–Crippen MR) is 83.3 cm³/mol. The third-order valence-corrected chi connectivity index (χ3v) is 3.72. The lowest BCUT2D eigenvalue weighted by molar-refractivity contribution is -0.137. The molecular formula is C16H12F3NO2S. The minimum atomic E-state index is -4.47. The van der Waals surface area contributed by atoms with Gasteiger partial charge in [0.15, 0.2) is 0 Å². The van der Waals surface area contributed by atoms with Gasteiger partial charge in [-0.2, -0.15) is 13.2 Å². The average Bonchev–Trinajstić information content (AvgIpc) is 2.53. The normalized spacial score (nSPS) is 11.1. The van der Waals surface area contributed by atoms with E-state index in [0.29, 0.717) is 5.56 Å². The first kappa shape index (κ1) is 17.1. The number of alkyl halides is 3. The van der Waals surface area contributed by atoms with Gasteiger partial charge in [0.2, 0.25) is 11.0 Å². The number of carbonyl (C=O) groups excluding carboxylic acids is 2. The summed E-state index contributed by atoms with van der Waals surface area (Å²) in [4.78, 5) is 23.6. The molecule has 0 unspecified atom stereocenters. The van der Waals surface area contributed by atoms with Crippen molar-refractivity contribution >= 4 is 28.5 Å². The molecule has 0 saturated carbocycles. The highest BCUT2D eigenvalue weighted by Crippen LogP contribution is 2.30. The van der Waals surface area contributed by atoms with E-state index in [-0.39, 0.29) is 16.6 Å². The van der Waals surface area contributed by atoms with E-state index in [0.717, 1.165) is 23.9 Å². The van der Waals surface area contributed by atoms with Crippen molar-refractivity contribution in [3.05, 3.63) is 65.7 Å². The van der Waals surface area contributed by atoms with Gasteiger partial charge in [-0.15, -0.1) is 0 Å². The molecule has 0 aliphatic carbocycles. The first-order chi connectivity index (χ1) is 10.9. The summed E-state index contributed by atoms with van der Waals surface area (Å²) < 4.78 is 37.8. The Kier molecular flexibility index (Phi) is 5.44. The summed E-state index contributed by atoms with van der Waals surface area (Å²) in [6.07, 6.45) is -4.47. The van der Waals surface area contributed by atoms with E-state index in [1.165, 1.54) is 12.1 Å². The van der Waals surface area contributed by atoms with Gasteiger partial charge in [0, 0.05) is 11.3 Å². The summed E-state index contributed by atoms with van der Waals surface area (Å²) >= 11 is 0.793. The Morgan fingerprint density at radius 2 is 1.70 bits per heavy atom. The fraction of sp³-hybridized carbons (Fsp3) is 0.125. The Labute approximate surface area is 134 Å². The van der Waals surface area contributed by atoms with Crippen molar-refractivity contribution < 1.29 is 22.8 Å². The van der Waals surface area contributed by atoms with Crippen LogP contribution in [0.2, 0.25) is 0 Å². The smallest absolute Gasteiger partial charge is 0.325 e. The van der Waals surface area contributed by atoms with Gasteiger partial charge in [-0.25, -0.2) is 0 Å². The van der Waals surface area contributed by atoms with Gasteiger partial charge in [0.1, 0.15) is 0 Å². The van der Waals surface area contributed by atoms with E-state index in [1.807, 2.05) is 0 Å². The first-order valence-corrected chi connectivity index (χ1v) is 7.54. The molecule has 0 spiro atoms. The van der Waals surface area contributed by atoms with E-state index < -0.39 is 17.6 Å². The molecule has 0 aromatic heterocycles. The summed E-state index contributed by atoms with van der Waals surface area (Å²) in [6, 6.07) is 12.8. The van der Waals surface area contributed by atoms with E-state index in [4.69, 9.17) is 0 Å². The SMILES string of the molecule is O=C(CSC(=O)c1ccccc1)Nc1cccc(C(F)(F)F)c1. The minimum absolute atomic E-state index is 0.0394.